The molecule has 21 heavy (non-hydrogen) atoms. The Kier molecular flexibility index (Phi) is 3.75. The molecule has 0 radical (unpaired) electrons. The molecule has 0 spiro atoms. The van der Waals surface area contributed by atoms with Gasteiger partial charge in [-0.25, -0.2) is 8.42 Å². The Labute approximate surface area is 124 Å². The Morgan fingerprint density at radius 3 is 2.52 bits per heavy atom. The molecular formula is C13H20N4O3S. The maximum atomic E-state index is 12.3. The first kappa shape index (κ1) is 14.5. The van der Waals surface area contributed by atoms with Gasteiger partial charge in [0.25, 0.3) is 5.91 Å². The molecule has 3 rings (SSSR count). The molecule has 2 aliphatic heterocycles. The van der Waals surface area contributed by atoms with Crippen molar-refractivity contribution >= 4 is 15.7 Å². The molecule has 2 aliphatic rings. The Morgan fingerprint density at radius 2 is 2.00 bits per heavy atom. The normalized spacial score (nSPS) is 26.1. The van der Waals surface area contributed by atoms with Crippen LogP contribution in [0.4, 0.5) is 0 Å². The average molecular weight is 312 g/mol. The Hall–Kier alpha value is -1.41. The minimum absolute atomic E-state index is 0.00166. The predicted octanol–water partition coefficient (Wildman–Crippen LogP) is -0.635. The second kappa shape index (κ2) is 5.42. The van der Waals surface area contributed by atoms with Crippen molar-refractivity contribution in [3.8, 4) is 0 Å². The van der Waals surface area contributed by atoms with E-state index in [1.807, 2.05) is 4.90 Å². The van der Waals surface area contributed by atoms with E-state index in [0.29, 0.717) is 24.4 Å². The van der Waals surface area contributed by atoms with E-state index in [9.17, 15) is 13.2 Å². The van der Waals surface area contributed by atoms with Gasteiger partial charge in [-0.3, -0.25) is 14.4 Å². The number of nitrogens with zero attached hydrogens (tertiary/aromatic N) is 4. The average Bonchev–Trinajstić information content (AvgIpc) is 3.04. The van der Waals surface area contributed by atoms with Crippen molar-refractivity contribution in [3.05, 3.63) is 18.0 Å². The van der Waals surface area contributed by atoms with Gasteiger partial charge >= 0.3 is 0 Å². The number of rotatable bonds is 2. The fourth-order valence-electron chi connectivity index (χ4n) is 3.07. The standard InChI is InChI=1S/C13H20N4O3S/c1-15-9-11(8-14-15)13(18)17-5-3-16(4-6-17)12-2-7-21(19,20)10-12/h8-9,12H,2-7,10H2,1H3. The third-order valence-corrected chi connectivity index (χ3v) is 6.03. The molecule has 2 fully saturated rings. The van der Waals surface area contributed by atoms with Crippen molar-refractivity contribution < 1.29 is 13.2 Å². The van der Waals surface area contributed by atoms with Crippen LogP contribution >= 0.6 is 0 Å². The van der Waals surface area contributed by atoms with E-state index in [2.05, 4.69) is 10.00 Å². The van der Waals surface area contributed by atoms with Crippen LogP contribution in [0, 0.1) is 0 Å². The first-order valence-corrected chi connectivity index (χ1v) is 8.99. The largest absolute Gasteiger partial charge is 0.336 e. The van der Waals surface area contributed by atoms with Crippen LogP contribution in [0.1, 0.15) is 16.8 Å². The summed E-state index contributed by atoms with van der Waals surface area (Å²) >= 11 is 0. The molecule has 1 amide bonds. The van der Waals surface area contributed by atoms with Crippen LogP contribution in [-0.2, 0) is 16.9 Å². The summed E-state index contributed by atoms with van der Waals surface area (Å²) < 4.78 is 24.7. The quantitative estimate of drug-likeness (QED) is 0.726. The van der Waals surface area contributed by atoms with Gasteiger partial charge in [0, 0.05) is 45.5 Å². The van der Waals surface area contributed by atoms with Gasteiger partial charge in [0.05, 0.1) is 23.3 Å². The summed E-state index contributed by atoms with van der Waals surface area (Å²) in [6.45, 7) is 2.77. The van der Waals surface area contributed by atoms with Crippen LogP contribution < -0.4 is 0 Å². The molecule has 116 valence electrons. The van der Waals surface area contributed by atoms with Gasteiger partial charge in [-0.2, -0.15) is 5.10 Å². The highest BCUT2D eigenvalue weighted by Crippen LogP contribution is 2.19. The molecule has 0 saturated carbocycles. The molecule has 8 heteroatoms. The van der Waals surface area contributed by atoms with Crippen LogP contribution in [0.25, 0.3) is 0 Å². The SMILES string of the molecule is Cn1cc(C(=O)N2CCN(C3CCS(=O)(=O)C3)CC2)cn1. The van der Waals surface area contributed by atoms with E-state index >= 15 is 0 Å². The summed E-state index contributed by atoms with van der Waals surface area (Å²) in [4.78, 5) is 16.3. The Morgan fingerprint density at radius 1 is 1.29 bits per heavy atom. The number of hydrogen-bond acceptors (Lipinski definition) is 5. The molecule has 1 aromatic rings. The minimum atomic E-state index is -2.85. The first-order valence-electron chi connectivity index (χ1n) is 7.17. The topological polar surface area (TPSA) is 75.5 Å². The van der Waals surface area contributed by atoms with Crippen molar-refractivity contribution in [2.24, 2.45) is 7.05 Å². The summed E-state index contributed by atoms with van der Waals surface area (Å²) in [6.07, 6.45) is 4.02. The highest BCUT2D eigenvalue weighted by Gasteiger charge is 2.34. The lowest BCUT2D eigenvalue weighted by atomic mass is 10.2. The molecule has 0 aliphatic carbocycles. The second-order valence-corrected chi connectivity index (χ2v) is 8.02. The number of sulfone groups is 1. The van der Waals surface area contributed by atoms with Crippen molar-refractivity contribution in [3.63, 3.8) is 0 Å². The number of amides is 1. The van der Waals surface area contributed by atoms with Gasteiger partial charge < -0.3 is 4.90 Å². The van der Waals surface area contributed by atoms with Crippen molar-refractivity contribution in [1.29, 1.82) is 0 Å². The lowest BCUT2D eigenvalue weighted by molar-refractivity contribution is 0.0587. The highest BCUT2D eigenvalue weighted by molar-refractivity contribution is 7.91. The number of aryl methyl sites for hydroxylation is 1. The van der Waals surface area contributed by atoms with Crippen LogP contribution in [0.2, 0.25) is 0 Å². The van der Waals surface area contributed by atoms with E-state index in [-0.39, 0.29) is 17.7 Å². The van der Waals surface area contributed by atoms with Gasteiger partial charge in [0.1, 0.15) is 0 Å². The molecular weight excluding hydrogens is 292 g/mol. The van der Waals surface area contributed by atoms with Gasteiger partial charge in [-0.15, -0.1) is 0 Å². The second-order valence-electron chi connectivity index (χ2n) is 5.79. The van der Waals surface area contributed by atoms with Gasteiger partial charge in [0.2, 0.25) is 0 Å². The number of aromatic nitrogens is 2. The van der Waals surface area contributed by atoms with Gasteiger partial charge in [-0.05, 0) is 6.42 Å². The van der Waals surface area contributed by atoms with Crippen LogP contribution in [0.15, 0.2) is 12.4 Å². The van der Waals surface area contributed by atoms with Crippen molar-refractivity contribution in [2.45, 2.75) is 12.5 Å². The zero-order chi connectivity index (χ0) is 15.0. The van der Waals surface area contributed by atoms with E-state index in [4.69, 9.17) is 0 Å². The molecule has 0 aromatic carbocycles. The van der Waals surface area contributed by atoms with Crippen molar-refractivity contribution in [1.82, 2.24) is 19.6 Å². The first-order chi connectivity index (χ1) is 9.94. The number of carbonyl (C=O) groups is 1. The maximum Gasteiger partial charge on any atom is 0.257 e. The zero-order valence-corrected chi connectivity index (χ0v) is 12.9. The predicted molar refractivity (Wildman–Crippen MR) is 77.7 cm³/mol. The molecule has 1 atom stereocenters. The molecule has 1 unspecified atom stereocenters. The van der Waals surface area contributed by atoms with Crippen molar-refractivity contribution in [2.75, 3.05) is 37.7 Å². The van der Waals surface area contributed by atoms with E-state index in [0.717, 1.165) is 19.5 Å². The Balaban J connectivity index is 1.57. The zero-order valence-electron chi connectivity index (χ0n) is 12.1. The minimum Gasteiger partial charge on any atom is -0.336 e. The summed E-state index contributed by atoms with van der Waals surface area (Å²) in [5.41, 5.74) is 0.606. The fourth-order valence-corrected chi connectivity index (χ4v) is 4.83. The van der Waals surface area contributed by atoms with E-state index in [1.165, 1.54) is 0 Å². The highest BCUT2D eigenvalue weighted by atomic mass is 32.2. The molecule has 3 heterocycles. The fraction of sp³-hybridized carbons (Fsp3) is 0.692. The smallest absolute Gasteiger partial charge is 0.257 e. The molecule has 0 N–H and O–H groups in total. The number of hydrogen-bond donors (Lipinski definition) is 0. The summed E-state index contributed by atoms with van der Waals surface area (Å²) in [7, 11) is -1.06. The van der Waals surface area contributed by atoms with Gasteiger partial charge in [0.15, 0.2) is 9.84 Å². The van der Waals surface area contributed by atoms with Gasteiger partial charge in [-0.1, -0.05) is 0 Å². The monoisotopic (exact) mass is 312 g/mol. The van der Waals surface area contributed by atoms with E-state index in [1.54, 1.807) is 24.1 Å². The molecule has 0 bridgehead atoms. The third-order valence-electron chi connectivity index (χ3n) is 4.28. The molecule has 7 nitrogen and oxygen atoms in total. The summed E-state index contributed by atoms with van der Waals surface area (Å²) in [6, 6.07) is 0.130. The lowest BCUT2D eigenvalue weighted by Gasteiger charge is -2.37. The lowest BCUT2D eigenvalue weighted by Crippen LogP contribution is -2.52. The number of piperazine rings is 1. The van der Waals surface area contributed by atoms with Crippen LogP contribution in [0.3, 0.4) is 0 Å². The summed E-state index contributed by atoms with van der Waals surface area (Å²) in [5, 5.41) is 4.02. The molecule has 2 saturated heterocycles. The maximum absolute atomic E-state index is 12.3. The summed E-state index contributed by atoms with van der Waals surface area (Å²) in [5.74, 6) is 0.567. The number of carbonyl (C=O) groups excluding carboxylic acids is 1. The van der Waals surface area contributed by atoms with Crippen LogP contribution in [-0.4, -0.2) is 77.6 Å². The molecule has 1 aromatic heterocycles. The third kappa shape index (κ3) is 3.11. The Bertz CT molecular complexity index is 632. The van der Waals surface area contributed by atoms with Crippen LogP contribution in [0.5, 0.6) is 0 Å². The van der Waals surface area contributed by atoms with E-state index < -0.39 is 9.84 Å².